The molecule has 0 spiro atoms. The molecule has 1 amide bonds. The van der Waals surface area contributed by atoms with Gasteiger partial charge >= 0.3 is 5.97 Å². The van der Waals surface area contributed by atoms with Gasteiger partial charge in [0.2, 0.25) is 5.91 Å². The van der Waals surface area contributed by atoms with Crippen LogP contribution in [-0.4, -0.2) is 47.4 Å². The van der Waals surface area contributed by atoms with Gasteiger partial charge in [-0.25, -0.2) is 0 Å². The summed E-state index contributed by atoms with van der Waals surface area (Å²) in [6.45, 7) is 4.97. The number of carbonyl (C=O) groups excluding carboxylic acids is 2. The summed E-state index contributed by atoms with van der Waals surface area (Å²) in [5.41, 5.74) is 0. The zero-order valence-electron chi connectivity index (χ0n) is 49.6. The van der Waals surface area contributed by atoms with Gasteiger partial charge < -0.3 is 20.3 Å². The van der Waals surface area contributed by atoms with Gasteiger partial charge in [0.05, 0.1) is 25.4 Å². The maximum atomic E-state index is 12.5. The first-order chi connectivity index (χ1) is 36.0. The van der Waals surface area contributed by atoms with Crippen LogP contribution in [0.1, 0.15) is 380 Å². The highest BCUT2D eigenvalue weighted by Crippen LogP contribution is 2.19. The van der Waals surface area contributed by atoms with Gasteiger partial charge in [-0.15, -0.1) is 0 Å². The Morgan fingerprint density at radius 2 is 0.644 bits per heavy atom. The van der Waals surface area contributed by atoms with Gasteiger partial charge in [-0.05, 0) is 51.4 Å². The monoisotopic (exact) mass is 1030 g/mol. The Hall–Kier alpha value is -1.40. The van der Waals surface area contributed by atoms with Crippen LogP contribution in [0.25, 0.3) is 0 Å². The minimum atomic E-state index is -0.671. The van der Waals surface area contributed by atoms with Gasteiger partial charge in [-0.1, -0.05) is 328 Å². The third-order valence-corrected chi connectivity index (χ3v) is 15.8. The number of unbranched alkanes of at least 4 members (excludes halogenated alkanes) is 50. The maximum absolute atomic E-state index is 12.5. The van der Waals surface area contributed by atoms with Crippen LogP contribution in [0.3, 0.4) is 0 Å². The van der Waals surface area contributed by atoms with Crippen LogP contribution in [-0.2, 0) is 14.3 Å². The van der Waals surface area contributed by atoms with Crippen molar-refractivity contribution in [3.8, 4) is 0 Å². The Morgan fingerprint density at radius 3 is 0.973 bits per heavy atom. The summed E-state index contributed by atoms with van der Waals surface area (Å²) in [5.74, 6) is -0.0339. The van der Waals surface area contributed by atoms with Gasteiger partial charge in [0, 0.05) is 12.8 Å². The molecule has 0 bridgehead atoms. The van der Waals surface area contributed by atoms with E-state index in [-0.39, 0.29) is 18.5 Å². The molecule has 0 aromatic heterocycles. The van der Waals surface area contributed by atoms with Crippen LogP contribution in [0, 0.1) is 0 Å². The number of hydrogen-bond donors (Lipinski definition) is 3. The molecule has 0 aliphatic carbocycles. The van der Waals surface area contributed by atoms with Gasteiger partial charge in [-0.3, -0.25) is 9.59 Å². The van der Waals surface area contributed by atoms with E-state index in [0.717, 1.165) is 44.9 Å². The topological polar surface area (TPSA) is 95.9 Å². The maximum Gasteiger partial charge on any atom is 0.305 e. The lowest BCUT2D eigenvalue weighted by Crippen LogP contribution is -2.45. The Kier molecular flexibility index (Phi) is 61.9. The molecular weight excluding hydrogens is 899 g/mol. The second-order valence-electron chi connectivity index (χ2n) is 23.2. The molecule has 6 heteroatoms. The van der Waals surface area contributed by atoms with Crippen molar-refractivity contribution < 1.29 is 24.5 Å². The van der Waals surface area contributed by atoms with E-state index in [9.17, 15) is 19.8 Å². The van der Waals surface area contributed by atoms with Crippen molar-refractivity contribution in [2.45, 2.75) is 392 Å². The smallest absolute Gasteiger partial charge is 0.305 e. The van der Waals surface area contributed by atoms with Crippen molar-refractivity contribution in [3.63, 3.8) is 0 Å². The van der Waals surface area contributed by atoms with Crippen molar-refractivity contribution in [1.29, 1.82) is 0 Å². The number of allylic oxidation sites excluding steroid dienone is 2. The molecule has 0 saturated carbocycles. The first-order valence-electron chi connectivity index (χ1n) is 33.4. The van der Waals surface area contributed by atoms with E-state index in [1.165, 1.54) is 302 Å². The van der Waals surface area contributed by atoms with Gasteiger partial charge in [-0.2, -0.15) is 0 Å². The molecule has 0 heterocycles. The van der Waals surface area contributed by atoms with E-state index in [1.54, 1.807) is 0 Å². The molecule has 2 atom stereocenters. The predicted octanol–water partition coefficient (Wildman–Crippen LogP) is 21.2. The minimum absolute atomic E-state index is 0.00583. The van der Waals surface area contributed by atoms with E-state index in [2.05, 4.69) is 31.3 Å². The summed E-state index contributed by atoms with van der Waals surface area (Å²) in [4.78, 5) is 24.6. The molecule has 0 aromatic carbocycles. The average Bonchev–Trinajstić information content (AvgIpc) is 3.39. The van der Waals surface area contributed by atoms with Gasteiger partial charge in [0.15, 0.2) is 0 Å². The largest absolute Gasteiger partial charge is 0.466 e. The van der Waals surface area contributed by atoms with Crippen molar-refractivity contribution in [3.05, 3.63) is 12.2 Å². The fourth-order valence-corrected chi connectivity index (χ4v) is 10.7. The summed E-state index contributed by atoms with van der Waals surface area (Å²) in [6.07, 6.45) is 76.7. The number of esters is 1. The van der Waals surface area contributed by atoms with Crippen LogP contribution in [0.4, 0.5) is 0 Å². The number of aliphatic hydroxyl groups excluding tert-OH is 2. The lowest BCUT2D eigenvalue weighted by Gasteiger charge is -2.22. The predicted molar refractivity (Wildman–Crippen MR) is 320 cm³/mol. The number of carbonyl (C=O) groups is 2. The molecule has 0 aliphatic heterocycles. The fourth-order valence-electron chi connectivity index (χ4n) is 10.7. The highest BCUT2D eigenvalue weighted by molar-refractivity contribution is 5.76. The second-order valence-corrected chi connectivity index (χ2v) is 23.2. The normalized spacial score (nSPS) is 12.5. The summed E-state index contributed by atoms with van der Waals surface area (Å²) >= 11 is 0. The van der Waals surface area contributed by atoms with Gasteiger partial charge in [0.25, 0.3) is 0 Å². The summed E-state index contributed by atoms with van der Waals surface area (Å²) in [7, 11) is 0. The zero-order chi connectivity index (χ0) is 52.9. The molecule has 3 N–H and O–H groups in total. The Morgan fingerprint density at radius 1 is 0.370 bits per heavy atom. The summed E-state index contributed by atoms with van der Waals surface area (Å²) in [6, 6.07) is -0.549. The van der Waals surface area contributed by atoms with Crippen LogP contribution >= 0.6 is 0 Å². The second kappa shape index (κ2) is 63.1. The molecule has 434 valence electrons. The SMILES string of the molecule is CCCCCCCCCCCCCCCCCCCCCCCCCCCC(O)C(CO)NC(=O)CCCCCCCCC/C=C\CCCCCCCCCCOC(=O)CCCCCCCCCCCCCC. The van der Waals surface area contributed by atoms with Crippen LogP contribution in [0.15, 0.2) is 12.2 Å². The Labute approximate surface area is 457 Å². The van der Waals surface area contributed by atoms with E-state index < -0.39 is 12.1 Å². The molecule has 6 nitrogen and oxygen atoms in total. The number of aliphatic hydroxyl groups is 2. The minimum Gasteiger partial charge on any atom is -0.466 e. The molecule has 0 rings (SSSR count). The van der Waals surface area contributed by atoms with E-state index >= 15 is 0 Å². The first-order valence-corrected chi connectivity index (χ1v) is 33.4. The van der Waals surface area contributed by atoms with Crippen molar-refractivity contribution in [2.24, 2.45) is 0 Å². The summed E-state index contributed by atoms with van der Waals surface area (Å²) in [5, 5.41) is 23.4. The van der Waals surface area contributed by atoms with Crippen molar-refractivity contribution >= 4 is 11.9 Å². The molecule has 0 fully saturated rings. The molecule has 2 unspecified atom stereocenters. The lowest BCUT2D eigenvalue weighted by atomic mass is 10.0. The highest BCUT2D eigenvalue weighted by Gasteiger charge is 2.20. The van der Waals surface area contributed by atoms with Crippen molar-refractivity contribution in [2.75, 3.05) is 13.2 Å². The standard InChI is InChI=1S/C67H131NO5/c1-3-5-7-9-11-13-15-17-18-19-20-21-22-23-24-25-27-30-33-36-39-43-47-51-55-59-65(70)64(63-69)68-66(71)60-56-52-48-44-40-37-34-31-28-26-29-32-35-38-42-46-50-54-58-62-73-67(72)61-57-53-49-45-41-16-14-12-10-8-6-4-2/h26,28,64-65,69-70H,3-25,27,29-63H2,1-2H3,(H,68,71)/b28-26-. The zero-order valence-corrected chi connectivity index (χ0v) is 49.6. The van der Waals surface area contributed by atoms with Crippen LogP contribution in [0.2, 0.25) is 0 Å². The number of nitrogens with one attached hydrogen (secondary N) is 1. The number of amides is 1. The average molecular weight is 1030 g/mol. The quantitative estimate of drug-likeness (QED) is 0.0320. The molecular formula is C67H131NO5. The number of ether oxygens (including phenoxy) is 1. The fraction of sp³-hybridized carbons (Fsp3) is 0.940. The third-order valence-electron chi connectivity index (χ3n) is 15.8. The molecule has 0 aliphatic rings. The van der Waals surface area contributed by atoms with E-state index in [1.807, 2.05) is 0 Å². The lowest BCUT2D eigenvalue weighted by molar-refractivity contribution is -0.143. The third kappa shape index (κ3) is 59.7. The van der Waals surface area contributed by atoms with Crippen LogP contribution < -0.4 is 5.32 Å². The molecule has 0 aromatic rings. The van der Waals surface area contributed by atoms with Crippen LogP contribution in [0.5, 0.6) is 0 Å². The number of rotatable bonds is 63. The Balaban J connectivity index is 3.43. The summed E-state index contributed by atoms with van der Waals surface area (Å²) < 4.78 is 5.47. The molecule has 73 heavy (non-hydrogen) atoms. The highest BCUT2D eigenvalue weighted by atomic mass is 16.5. The van der Waals surface area contributed by atoms with E-state index in [0.29, 0.717) is 25.9 Å². The Bertz CT molecular complexity index is 1100. The first kappa shape index (κ1) is 71.6. The molecule has 0 saturated heterocycles. The molecule has 0 radical (unpaired) electrons. The van der Waals surface area contributed by atoms with Gasteiger partial charge in [0.1, 0.15) is 0 Å². The number of hydrogen-bond acceptors (Lipinski definition) is 5. The van der Waals surface area contributed by atoms with E-state index in [4.69, 9.17) is 4.74 Å². The van der Waals surface area contributed by atoms with Crippen molar-refractivity contribution in [1.82, 2.24) is 5.32 Å².